The first kappa shape index (κ1) is 16.3. The lowest BCUT2D eigenvalue weighted by Crippen LogP contribution is -2.28. The van der Waals surface area contributed by atoms with Crippen LogP contribution in [-0.4, -0.2) is 16.1 Å². The second-order valence-corrected chi connectivity index (χ2v) is 6.03. The van der Waals surface area contributed by atoms with Crippen LogP contribution in [0.5, 0.6) is 0 Å². The van der Waals surface area contributed by atoms with E-state index < -0.39 is 23.1 Å². The van der Waals surface area contributed by atoms with E-state index in [-0.39, 0.29) is 0 Å². The molecule has 0 unspecified atom stereocenters. The summed E-state index contributed by atoms with van der Waals surface area (Å²) in [7, 11) is 0. The summed E-state index contributed by atoms with van der Waals surface area (Å²) in [6.07, 6.45) is -4.38. The predicted octanol–water partition coefficient (Wildman–Crippen LogP) is 4.27. The van der Waals surface area contributed by atoms with E-state index in [9.17, 15) is 18.0 Å². The van der Waals surface area contributed by atoms with E-state index in [4.69, 9.17) is 5.11 Å². The van der Waals surface area contributed by atoms with Gasteiger partial charge in [0.25, 0.3) is 0 Å². The van der Waals surface area contributed by atoms with Crippen molar-refractivity contribution in [1.29, 1.82) is 0 Å². The van der Waals surface area contributed by atoms with Crippen LogP contribution in [0, 0.1) is 0 Å². The van der Waals surface area contributed by atoms with Gasteiger partial charge in [0, 0.05) is 11.1 Å². The second-order valence-electron chi connectivity index (χ2n) is 5.17. The summed E-state index contributed by atoms with van der Waals surface area (Å²) in [6, 6.07) is 4.54. The van der Waals surface area contributed by atoms with E-state index in [1.54, 1.807) is 5.38 Å². The van der Waals surface area contributed by atoms with Crippen LogP contribution < -0.4 is 5.32 Å². The van der Waals surface area contributed by atoms with E-state index in [1.807, 2.05) is 0 Å². The summed E-state index contributed by atoms with van der Waals surface area (Å²) in [5.74, 6) is -1.00. The molecule has 4 nitrogen and oxygen atoms in total. The highest BCUT2D eigenvalue weighted by molar-refractivity contribution is 7.13. The molecule has 0 amide bonds. The number of aliphatic carboxylic acids is 1. The third-order valence-electron chi connectivity index (χ3n) is 3.14. The molecule has 0 saturated heterocycles. The number of hydrogen-bond acceptors (Lipinski definition) is 4. The van der Waals surface area contributed by atoms with Crippen molar-refractivity contribution in [2.24, 2.45) is 0 Å². The molecule has 2 rings (SSSR count). The van der Waals surface area contributed by atoms with Gasteiger partial charge in [-0.05, 0) is 38.1 Å². The normalized spacial score (nSPS) is 12.2. The number of carboxylic acid groups (broad SMARTS) is 1. The zero-order valence-electron chi connectivity index (χ0n) is 11.7. The maximum atomic E-state index is 12.5. The molecule has 1 aromatic carbocycles. The van der Waals surface area contributed by atoms with E-state index in [2.05, 4.69) is 10.3 Å². The predicted molar refractivity (Wildman–Crippen MR) is 77.5 cm³/mol. The third-order valence-corrected chi connectivity index (χ3v) is 3.90. The molecule has 2 N–H and O–H groups in total. The van der Waals surface area contributed by atoms with Gasteiger partial charge in [-0.1, -0.05) is 0 Å². The minimum atomic E-state index is -4.38. The van der Waals surface area contributed by atoms with Gasteiger partial charge in [-0.25, -0.2) is 4.98 Å². The van der Waals surface area contributed by atoms with E-state index in [1.165, 1.54) is 37.3 Å². The van der Waals surface area contributed by atoms with Crippen LogP contribution in [0.4, 0.5) is 24.0 Å². The van der Waals surface area contributed by atoms with E-state index >= 15 is 0 Å². The Morgan fingerprint density at radius 2 is 1.82 bits per heavy atom. The maximum Gasteiger partial charge on any atom is 0.416 e. The summed E-state index contributed by atoms with van der Waals surface area (Å²) in [5, 5.41) is 14.0. The van der Waals surface area contributed by atoms with Crippen LogP contribution >= 0.6 is 11.3 Å². The Labute approximate surface area is 128 Å². The Hall–Kier alpha value is -2.09. The molecule has 0 aliphatic rings. The van der Waals surface area contributed by atoms with Gasteiger partial charge in [-0.15, -0.1) is 11.3 Å². The van der Waals surface area contributed by atoms with Crippen molar-refractivity contribution in [3.8, 4) is 0 Å². The fourth-order valence-corrected chi connectivity index (χ4v) is 2.49. The highest BCUT2D eigenvalue weighted by Crippen LogP contribution is 2.32. The molecular formula is C14H13F3N2O2S. The van der Waals surface area contributed by atoms with Crippen LogP contribution in [0.1, 0.15) is 25.1 Å². The summed E-state index contributed by atoms with van der Waals surface area (Å²) in [6.45, 7) is 3.07. The van der Waals surface area contributed by atoms with Gasteiger partial charge in [0.1, 0.15) is 5.41 Å². The number of anilines is 2. The van der Waals surface area contributed by atoms with Crippen molar-refractivity contribution in [2.45, 2.75) is 25.4 Å². The Balaban J connectivity index is 2.15. The van der Waals surface area contributed by atoms with Crippen LogP contribution in [-0.2, 0) is 16.4 Å². The molecule has 118 valence electrons. The fraction of sp³-hybridized carbons (Fsp3) is 0.286. The van der Waals surface area contributed by atoms with Crippen LogP contribution in [0.25, 0.3) is 0 Å². The van der Waals surface area contributed by atoms with Gasteiger partial charge in [0.15, 0.2) is 5.13 Å². The molecule has 0 aliphatic carbocycles. The standard InChI is InChI=1S/C14H13F3N2O2S/c1-13(2,11(20)21)10-7-22-12(19-10)18-9-5-3-8(4-6-9)14(15,16)17/h3-7H,1-2H3,(H,18,19)(H,20,21). The summed E-state index contributed by atoms with van der Waals surface area (Å²) in [4.78, 5) is 15.3. The van der Waals surface area contributed by atoms with Crippen molar-refractivity contribution < 1.29 is 23.1 Å². The Morgan fingerprint density at radius 3 is 2.32 bits per heavy atom. The molecule has 1 aromatic heterocycles. The van der Waals surface area contributed by atoms with Gasteiger partial charge in [0.2, 0.25) is 0 Å². The smallest absolute Gasteiger partial charge is 0.416 e. The second kappa shape index (κ2) is 5.60. The molecule has 0 aliphatic heterocycles. The summed E-state index contributed by atoms with van der Waals surface area (Å²) >= 11 is 1.19. The number of halogens is 3. The molecule has 0 bridgehead atoms. The van der Waals surface area contributed by atoms with Crippen LogP contribution in [0.3, 0.4) is 0 Å². The largest absolute Gasteiger partial charge is 0.481 e. The first-order valence-corrected chi connectivity index (χ1v) is 7.12. The highest BCUT2D eigenvalue weighted by Gasteiger charge is 2.32. The van der Waals surface area contributed by atoms with Gasteiger partial charge < -0.3 is 10.4 Å². The first-order chi connectivity index (χ1) is 10.1. The Bertz CT molecular complexity index is 678. The molecule has 0 saturated carbocycles. The summed E-state index contributed by atoms with van der Waals surface area (Å²) in [5.41, 5.74) is -1.03. The van der Waals surface area contributed by atoms with Crippen molar-refractivity contribution in [1.82, 2.24) is 4.98 Å². The van der Waals surface area contributed by atoms with E-state index in [0.29, 0.717) is 16.5 Å². The first-order valence-electron chi connectivity index (χ1n) is 6.24. The van der Waals surface area contributed by atoms with Crippen molar-refractivity contribution in [3.63, 3.8) is 0 Å². The molecule has 0 atom stereocenters. The number of aromatic nitrogens is 1. The van der Waals surface area contributed by atoms with Gasteiger partial charge in [-0.3, -0.25) is 4.79 Å². The van der Waals surface area contributed by atoms with Crippen LogP contribution in [0.15, 0.2) is 29.6 Å². The molecular weight excluding hydrogens is 317 g/mol. The third kappa shape index (κ3) is 3.38. The minimum absolute atomic E-state index is 0.388. The average Bonchev–Trinajstić information content (AvgIpc) is 2.87. The number of hydrogen-bond donors (Lipinski definition) is 2. The number of carboxylic acids is 1. The molecule has 8 heteroatoms. The van der Waals surface area contributed by atoms with Crippen molar-refractivity contribution >= 4 is 28.1 Å². The topological polar surface area (TPSA) is 62.2 Å². The lowest BCUT2D eigenvalue weighted by atomic mass is 9.90. The molecule has 0 radical (unpaired) electrons. The Kier molecular flexibility index (Phi) is 4.15. The number of nitrogens with one attached hydrogen (secondary N) is 1. The van der Waals surface area contributed by atoms with Gasteiger partial charge in [0.05, 0.1) is 11.3 Å². The molecule has 22 heavy (non-hydrogen) atoms. The maximum absolute atomic E-state index is 12.5. The minimum Gasteiger partial charge on any atom is -0.481 e. The quantitative estimate of drug-likeness (QED) is 0.879. The van der Waals surface area contributed by atoms with Crippen molar-refractivity contribution in [3.05, 3.63) is 40.9 Å². The van der Waals surface area contributed by atoms with Crippen molar-refractivity contribution in [2.75, 3.05) is 5.32 Å². The SMILES string of the molecule is CC(C)(C(=O)O)c1csc(Nc2ccc(C(F)(F)F)cc2)n1. The zero-order valence-corrected chi connectivity index (χ0v) is 12.5. The fourth-order valence-electron chi connectivity index (χ4n) is 1.59. The number of rotatable bonds is 4. The lowest BCUT2D eigenvalue weighted by molar-refractivity contribution is -0.142. The summed E-state index contributed by atoms with van der Waals surface area (Å²) < 4.78 is 37.4. The number of carbonyl (C=O) groups is 1. The number of thiazole rings is 1. The molecule has 2 aromatic rings. The molecule has 0 spiro atoms. The van der Waals surface area contributed by atoms with Crippen LogP contribution in [0.2, 0.25) is 0 Å². The number of benzene rings is 1. The number of nitrogens with zero attached hydrogens (tertiary/aromatic N) is 1. The number of alkyl halides is 3. The highest BCUT2D eigenvalue weighted by atomic mass is 32.1. The Morgan fingerprint density at radius 1 is 1.23 bits per heavy atom. The lowest BCUT2D eigenvalue weighted by Gasteiger charge is -2.15. The van der Waals surface area contributed by atoms with E-state index in [0.717, 1.165) is 12.1 Å². The van der Waals surface area contributed by atoms with Gasteiger partial charge in [-0.2, -0.15) is 13.2 Å². The molecule has 1 heterocycles. The average molecular weight is 330 g/mol. The van der Waals surface area contributed by atoms with Gasteiger partial charge >= 0.3 is 12.1 Å². The monoisotopic (exact) mass is 330 g/mol. The zero-order chi connectivity index (χ0) is 16.5. The molecule has 0 fully saturated rings.